The zero-order valence-corrected chi connectivity index (χ0v) is 17.1. The summed E-state index contributed by atoms with van der Waals surface area (Å²) in [6.07, 6.45) is 0. The molecule has 0 atom stereocenters. The van der Waals surface area contributed by atoms with Crippen LogP contribution in [0.2, 0.25) is 5.02 Å². The van der Waals surface area contributed by atoms with E-state index >= 15 is 0 Å². The van der Waals surface area contributed by atoms with E-state index in [0.29, 0.717) is 28.5 Å². The summed E-state index contributed by atoms with van der Waals surface area (Å²) in [5.41, 5.74) is 5.18. The first-order valence-corrected chi connectivity index (χ1v) is 10.4. The molecule has 138 valence electrons. The number of hydrogen-bond acceptors (Lipinski definition) is 5. The van der Waals surface area contributed by atoms with Crippen molar-refractivity contribution in [2.45, 2.75) is 13.5 Å². The molecule has 0 aliphatic carbocycles. The number of thiazole rings is 2. The van der Waals surface area contributed by atoms with Gasteiger partial charge in [-0.1, -0.05) is 22.9 Å². The maximum atomic E-state index is 12.8. The summed E-state index contributed by atoms with van der Waals surface area (Å²) >= 11 is 9.29. The topological polar surface area (TPSA) is 56.5 Å². The van der Waals surface area contributed by atoms with Gasteiger partial charge in [0.2, 0.25) is 0 Å². The Bertz CT molecular complexity index is 1220. The molecule has 0 bridgehead atoms. The van der Waals surface area contributed by atoms with E-state index in [1.54, 1.807) is 18.7 Å². The summed E-state index contributed by atoms with van der Waals surface area (Å²) in [4.78, 5) is 22.1. The second-order valence-corrected chi connectivity index (χ2v) is 8.30. The van der Waals surface area contributed by atoms with Crippen LogP contribution in [0.5, 0.6) is 0 Å². The van der Waals surface area contributed by atoms with Crippen molar-refractivity contribution in [2.75, 3.05) is 13.7 Å². The highest BCUT2D eigenvalue weighted by Gasteiger charge is 2.13. The van der Waals surface area contributed by atoms with Gasteiger partial charge in [0.05, 0.1) is 32.6 Å². The van der Waals surface area contributed by atoms with Gasteiger partial charge in [-0.15, -0.1) is 11.3 Å². The van der Waals surface area contributed by atoms with Crippen LogP contribution < -0.4 is 4.80 Å². The number of fused-ring (bicyclic) bond motifs is 2. The molecule has 27 heavy (non-hydrogen) atoms. The Balaban J connectivity index is 1.85. The van der Waals surface area contributed by atoms with Crippen LogP contribution in [0.4, 0.5) is 0 Å². The second kappa shape index (κ2) is 7.52. The third-order valence-corrected chi connectivity index (χ3v) is 6.57. The molecule has 1 amide bonds. The van der Waals surface area contributed by atoms with Gasteiger partial charge < -0.3 is 9.30 Å². The first-order valence-electron chi connectivity index (χ1n) is 8.28. The summed E-state index contributed by atoms with van der Waals surface area (Å²) in [5.74, 6) is -0.272. The lowest BCUT2D eigenvalue weighted by Crippen LogP contribution is -2.19. The molecule has 0 saturated carbocycles. The van der Waals surface area contributed by atoms with Gasteiger partial charge >= 0.3 is 0 Å². The highest BCUT2D eigenvalue weighted by Crippen LogP contribution is 2.27. The molecule has 0 fully saturated rings. The SMILES string of the molecule is COCCn1c(=NC(=O)c2ccc3ncsc3c2)sc2ccc(Cl)c(C)c21. The fourth-order valence-electron chi connectivity index (χ4n) is 2.93. The largest absolute Gasteiger partial charge is 0.383 e. The second-order valence-electron chi connectivity index (χ2n) is 6.00. The number of rotatable bonds is 4. The Morgan fingerprint density at radius 2 is 2.15 bits per heavy atom. The number of ether oxygens (including phenoxy) is 1. The molecule has 0 saturated heterocycles. The summed E-state index contributed by atoms with van der Waals surface area (Å²) in [5, 5.41) is 0.694. The number of carbonyl (C=O) groups excluding carboxylic acids is 1. The number of carbonyl (C=O) groups is 1. The number of hydrogen-bond donors (Lipinski definition) is 0. The highest BCUT2D eigenvalue weighted by atomic mass is 35.5. The van der Waals surface area contributed by atoms with Crippen molar-refractivity contribution < 1.29 is 9.53 Å². The van der Waals surface area contributed by atoms with Crippen LogP contribution >= 0.6 is 34.3 Å². The minimum absolute atomic E-state index is 0.272. The highest BCUT2D eigenvalue weighted by molar-refractivity contribution is 7.17. The van der Waals surface area contributed by atoms with Gasteiger partial charge in [-0.2, -0.15) is 4.99 Å². The molecule has 0 aliphatic heterocycles. The maximum Gasteiger partial charge on any atom is 0.279 e. The smallest absolute Gasteiger partial charge is 0.279 e. The fourth-order valence-corrected chi connectivity index (χ4v) is 4.91. The first-order chi connectivity index (χ1) is 13.1. The lowest BCUT2D eigenvalue weighted by Gasteiger charge is -2.07. The van der Waals surface area contributed by atoms with Crippen molar-refractivity contribution >= 4 is 60.6 Å². The van der Waals surface area contributed by atoms with E-state index in [-0.39, 0.29) is 5.91 Å². The number of amides is 1. The monoisotopic (exact) mass is 417 g/mol. The quantitative estimate of drug-likeness (QED) is 0.485. The van der Waals surface area contributed by atoms with E-state index in [9.17, 15) is 4.79 Å². The molecule has 2 aromatic heterocycles. The summed E-state index contributed by atoms with van der Waals surface area (Å²) in [7, 11) is 1.65. The molecule has 0 aliphatic rings. The van der Waals surface area contributed by atoms with Crippen molar-refractivity contribution in [1.82, 2.24) is 9.55 Å². The van der Waals surface area contributed by atoms with E-state index in [2.05, 4.69) is 9.98 Å². The molecular weight excluding hydrogens is 402 g/mol. The molecule has 0 N–H and O–H groups in total. The van der Waals surface area contributed by atoms with E-state index in [1.165, 1.54) is 22.7 Å². The van der Waals surface area contributed by atoms with Gasteiger partial charge in [0, 0.05) is 24.2 Å². The van der Waals surface area contributed by atoms with Crippen molar-refractivity contribution in [3.05, 3.63) is 56.8 Å². The van der Waals surface area contributed by atoms with Crippen LogP contribution in [0.15, 0.2) is 40.8 Å². The van der Waals surface area contributed by atoms with Crippen LogP contribution in [0.1, 0.15) is 15.9 Å². The van der Waals surface area contributed by atoms with Crippen LogP contribution in [0.25, 0.3) is 20.4 Å². The van der Waals surface area contributed by atoms with Crippen molar-refractivity contribution in [1.29, 1.82) is 0 Å². The summed E-state index contributed by atoms with van der Waals surface area (Å²) in [6.45, 7) is 3.09. The fraction of sp³-hybridized carbons (Fsp3) is 0.211. The van der Waals surface area contributed by atoms with Crippen LogP contribution in [0, 0.1) is 6.92 Å². The number of aryl methyl sites for hydroxylation is 1. The molecule has 2 heterocycles. The van der Waals surface area contributed by atoms with Gasteiger partial charge in [-0.25, -0.2) is 4.98 Å². The third kappa shape index (κ3) is 3.43. The van der Waals surface area contributed by atoms with Crippen LogP contribution in [-0.4, -0.2) is 29.2 Å². The van der Waals surface area contributed by atoms with Crippen molar-refractivity contribution in [3.63, 3.8) is 0 Å². The molecule has 4 aromatic rings. The molecule has 5 nitrogen and oxygen atoms in total. The van der Waals surface area contributed by atoms with Gasteiger partial charge in [0.25, 0.3) is 5.91 Å². The van der Waals surface area contributed by atoms with E-state index in [1.807, 2.05) is 35.8 Å². The zero-order chi connectivity index (χ0) is 19.0. The Hall–Kier alpha value is -2.06. The Kier molecular flexibility index (Phi) is 5.10. The number of halogens is 1. The Morgan fingerprint density at radius 1 is 1.30 bits per heavy atom. The molecule has 2 aromatic carbocycles. The maximum absolute atomic E-state index is 12.8. The molecular formula is C19H16ClN3O2S2. The number of benzene rings is 2. The summed E-state index contributed by atoms with van der Waals surface area (Å²) < 4.78 is 9.26. The van der Waals surface area contributed by atoms with Gasteiger partial charge in [0.1, 0.15) is 0 Å². The average molecular weight is 418 g/mol. The predicted octanol–water partition coefficient (Wildman–Crippen LogP) is 4.66. The van der Waals surface area contributed by atoms with Gasteiger partial charge in [-0.3, -0.25) is 4.79 Å². The predicted molar refractivity (Wildman–Crippen MR) is 111 cm³/mol. The first kappa shape index (κ1) is 18.3. The molecule has 4 rings (SSSR count). The average Bonchev–Trinajstić information content (AvgIpc) is 3.27. The lowest BCUT2D eigenvalue weighted by molar-refractivity contribution is 0.0997. The molecule has 8 heteroatoms. The van der Waals surface area contributed by atoms with E-state index in [0.717, 1.165) is 26.0 Å². The van der Waals surface area contributed by atoms with E-state index < -0.39 is 0 Å². The lowest BCUT2D eigenvalue weighted by atomic mass is 10.2. The standard InChI is InChI=1S/C19H16ClN3O2S2/c1-11-13(20)4-6-15-17(11)23(7-8-25-2)19(27-15)22-18(24)12-3-5-14-16(9-12)26-10-21-14/h3-6,9-10H,7-8H2,1-2H3. The van der Waals surface area contributed by atoms with Gasteiger partial charge in [-0.05, 0) is 42.8 Å². The minimum atomic E-state index is -0.272. The number of nitrogens with zero attached hydrogens (tertiary/aromatic N) is 3. The van der Waals surface area contributed by atoms with E-state index in [4.69, 9.17) is 16.3 Å². The number of aromatic nitrogens is 2. The van der Waals surface area contributed by atoms with Crippen LogP contribution in [0.3, 0.4) is 0 Å². The van der Waals surface area contributed by atoms with Crippen molar-refractivity contribution in [2.24, 2.45) is 4.99 Å². The minimum Gasteiger partial charge on any atom is -0.383 e. The van der Waals surface area contributed by atoms with Crippen molar-refractivity contribution in [3.8, 4) is 0 Å². The normalized spacial score (nSPS) is 12.3. The van der Waals surface area contributed by atoms with Crippen LogP contribution in [-0.2, 0) is 11.3 Å². The summed E-state index contributed by atoms with van der Waals surface area (Å²) in [6, 6.07) is 9.30. The molecule has 0 radical (unpaired) electrons. The van der Waals surface area contributed by atoms with Gasteiger partial charge in [0.15, 0.2) is 4.80 Å². The molecule has 0 unspecified atom stereocenters. The molecule has 0 spiro atoms. The zero-order valence-electron chi connectivity index (χ0n) is 14.7. The Morgan fingerprint density at radius 3 is 2.96 bits per heavy atom. The Labute approximate surface area is 168 Å². The number of methoxy groups -OCH3 is 1. The third-order valence-electron chi connectivity index (χ3n) is 4.32.